The van der Waals surface area contributed by atoms with Crippen molar-refractivity contribution in [2.24, 2.45) is 4.99 Å². The Labute approximate surface area is 145 Å². The fraction of sp³-hybridized carbons (Fsp3) is 0.0476. The van der Waals surface area contributed by atoms with E-state index in [1.807, 2.05) is 54.6 Å². The maximum Gasteiger partial charge on any atom is 0.363 e. The van der Waals surface area contributed by atoms with E-state index >= 15 is 0 Å². The third-order valence-corrected chi connectivity index (χ3v) is 4.07. The molecular formula is C21H15NO3. The van der Waals surface area contributed by atoms with E-state index in [9.17, 15) is 4.79 Å². The van der Waals surface area contributed by atoms with Gasteiger partial charge in [-0.05, 0) is 46.7 Å². The van der Waals surface area contributed by atoms with E-state index in [0.29, 0.717) is 11.6 Å². The normalized spacial score (nSPS) is 15.3. The van der Waals surface area contributed by atoms with Crippen molar-refractivity contribution in [2.75, 3.05) is 7.11 Å². The third kappa shape index (κ3) is 2.90. The fourth-order valence-corrected chi connectivity index (χ4v) is 2.79. The van der Waals surface area contributed by atoms with Gasteiger partial charge in [0.25, 0.3) is 0 Å². The topological polar surface area (TPSA) is 47.9 Å². The Bertz CT molecular complexity index is 1010. The summed E-state index contributed by atoms with van der Waals surface area (Å²) < 4.78 is 10.5. The summed E-state index contributed by atoms with van der Waals surface area (Å²) in [5.41, 5.74) is 1.96. The summed E-state index contributed by atoms with van der Waals surface area (Å²) in [4.78, 5) is 16.6. The molecule has 4 heteroatoms. The largest absolute Gasteiger partial charge is 0.497 e. The number of aliphatic imine (C=N–C) groups is 1. The van der Waals surface area contributed by atoms with Crippen LogP contribution in [0.1, 0.15) is 11.1 Å². The maximum atomic E-state index is 12.2. The molecule has 0 N–H and O–H groups in total. The van der Waals surface area contributed by atoms with Crippen LogP contribution in [0.3, 0.4) is 0 Å². The van der Waals surface area contributed by atoms with Crippen LogP contribution < -0.4 is 4.74 Å². The van der Waals surface area contributed by atoms with E-state index in [1.165, 1.54) is 0 Å². The Balaban J connectivity index is 1.73. The van der Waals surface area contributed by atoms with E-state index in [2.05, 4.69) is 4.99 Å². The Morgan fingerprint density at radius 2 is 1.72 bits per heavy atom. The number of carbonyl (C=O) groups is 1. The number of fused-ring (bicyclic) bond motifs is 1. The van der Waals surface area contributed by atoms with Gasteiger partial charge in [0.2, 0.25) is 5.90 Å². The molecule has 1 heterocycles. The lowest BCUT2D eigenvalue weighted by Gasteiger charge is -2.01. The number of benzene rings is 3. The van der Waals surface area contributed by atoms with Crippen LogP contribution in [0.2, 0.25) is 0 Å². The third-order valence-electron chi connectivity index (χ3n) is 4.07. The monoisotopic (exact) mass is 329 g/mol. The minimum Gasteiger partial charge on any atom is -0.497 e. The molecule has 0 amide bonds. The van der Waals surface area contributed by atoms with E-state index in [-0.39, 0.29) is 0 Å². The number of nitrogens with zero attached hydrogens (tertiary/aromatic N) is 1. The molecule has 122 valence electrons. The van der Waals surface area contributed by atoms with Crippen molar-refractivity contribution in [3.8, 4) is 5.75 Å². The summed E-state index contributed by atoms with van der Waals surface area (Å²) in [7, 11) is 1.60. The van der Waals surface area contributed by atoms with Crippen LogP contribution in [0.15, 0.2) is 77.4 Å². The van der Waals surface area contributed by atoms with Crippen molar-refractivity contribution >= 4 is 28.7 Å². The second kappa shape index (κ2) is 6.24. The molecular weight excluding hydrogens is 314 g/mol. The summed E-state index contributed by atoms with van der Waals surface area (Å²) in [6, 6.07) is 21.2. The van der Waals surface area contributed by atoms with Gasteiger partial charge >= 0.3 is 5.97 Å². The Morgan fingerprint density at radius 3 is 2.52 bits per heavy atom. The van der Waals surface area contributed by atoms with Gasteiger partial charge in [0.05, 0.1) is 7.11 Å². The number of hydrogen-bond acceptors (Lipinski definition) is 4. The van der Waals surface area contributed by atoms with Crippen molar-refractivity contribution in [2.45, 2.75) is 0 Å². The summed E-state index contributed by atoms with van der Waals surface area (Å²) >= 11 is 0. The molecule has 0 aliphatic carbocycles. The smallest absolute Gasteiger partial charge is 0.363 e. The standard InChI is InChI=1S/C21H15NO3/c1-24-17-11-9-15(10-12-17)20-22-19(21(23)25-20)13-16-7-4-6-14-5-2-3-8-18(14)16/h2-13H,1H3/b19-13-. The molecule has 0 atom stereocenters. The van der Waals surface area contributed by atoms with Gasteiger partial charge in [-0.15, -0.1) is 0 Å². The summed E-state index contributed by atoms with van der Waals surface area (Å²) in [6.45, 7) is 0. The molecule has 0 saturated carbocycles. The van der Waals surface area contributed by atoms with Crippen LogP contribution >= 0.6 is 0 Å². The van der Waals surface area contributed by atoms with Gasteiger partial charge < -0.3 is 9.47 Å². The molecule has 0 spiro atoms. The van der Waals surface area contributed by atoms with Crippen molar-refractivity contribution in [3.05, 3.63) is 83.6 Å². The molecule has 25 heavy (non-hydrogen) atoms. The van der Waals surface area contributed by atoms with Gasteiger partial charge in [0.15, 0.2) is 5.70 Å². The van der Waals surface area contributed by atoms with Crippen molar-refractivity contribution in [1.82, 2.24) is 0 Å². The van der Waals surface area contributed by atoms with Crippen molar-refractivity contribution in [1.29, 1.82) is 0 Å². The van der Waals surface area contributed by atoms with Gasteiger partial charge in [-0.3, -0.25) is 0 Å². The van der Waals surface area contributed by atoms with Crippen molar-refractivity contribution in [3.63, 3.8) is 0 Å². The van der Waals surface area contributed by atoms with Crippen LogP contribution in [-0.2, 0) is 9.53 Å². The van der Waals surface area contributed by atoms with Crippen LogP contribution in [0.5, 0.6) is 5.75 Å². The number of hydrogen-bond donors (Lipinski definition) is 0. The van der Waals surface area contributed by atoms with E-state index < -0.39 is 5.97 Å². The van der Waals surface area contributed by atoms with Crippen LogP contribution in [0, 0.1) is 0 Å². The lowest BCUT2D eigenvalue weighted by molar-refractivity contribution is -0.129. The molecule has 0 bridgehead atoms. The molecule has 0 aromatic heterocycles. The Hall–Kier alpha value is -3.40. The zero-order valence-corrected chi connectivity index (χ0v) is 13.6. The summed E-state index contributed by atoms with van der Waals surface area (Å²) in [5.74, 6) is 0.595. The lowest BCUT2D eigenvalue weighted by atomic mass is 10.0. The highest BCUT2D eigenvalue weighted by atomic mass is 16.6. The van der Waals surface area contributed by atoms with Gasteiger partial charge in [0, 0.05) is 5.56 Å². The van der Waals surface area contributed by atoms with Crippen LogP contribution in [0.25, 0.3) is 16.8 Å². The average molecular weight is 329 g/mol. The highest BCUT2D eigenvalue weighted by Crippen LogP contribution is 2.24. The van der Waals surface area contributed by atoms with E-state index in [4.69, 9.17) is 9.47 Å². The highest BCUT2D eigenvalue weighted by molar-refractivity contribution is 6.13. The van der Waals surface area contributed by atoms with E-state index in [0.717, 1.165) is 27.6 Å². The zero-order valence-electron chi connectivity index (χ0n) is 13.6. The van der Waals surface area contributed by atoms with Gasteiger partial charge in [-0.1, -0.05) is 42.5 Å². The molecule has 0 fully saturated rings. The predicted molar refractivity (Wildman–Crippen MR) is 97.5 cm³/mol. The first-order valence-corrected chi connectivity index (χ1v) is 7.89. The lowest BCUT2D eigenvalue weighted by Crippen LogP contribution is -2.05. The number of ether oxygens (including phenoxy) is 2. The predicted octanol–water partition coefficient (Wildman–Crippen LogP) is 4.19. The number of carbonyl (C=O) groups excluding carboxylic acids is 1. The second-order valence-electron chi connectivity index (χ2n) is 5.63. The Kier molecular flexibility index (Phi) is 3.78. The minimum absolute atomic E-state index is 0.294. The highest BCUT2D eigenvalue weighted by Gasteiger charge is 2.24. The quantitative estimate of drug-likeness (QED) is 0.535. The number of esters is 1. The zero-order chi connectivity index (χ0) is 17.2. The Morgan fingerprint density at radius 1 is 0.960 bits per heavy atom. The number of cyclic esters (lactones) is 1. The van der Waals surface area contributed by atoms with Gasteiger partial charge in [-0.25, -0.2) is 9.79 Å². The molecule has 0 unspecified atom stereocenters. The maximum absolute atomic E-state index is 12.2. The first-order chi connectivity index (χ1) is 12.2. The SMILES string of the molecule is COc1ccc(C2=N/C(=C\c3cccc4ccccc34)C(=O)O2)cc1. The first-order valence-electron chi connectivity index (χ1n) is 7.89. The van der Waals surface area contributed by atoms with Crippen LogP contribution in [-0.4, -0.2) is 19.0 Å². The minimum atomic E-state index is -0.446. The molecule has 0 saturated heterocycles. The van der Waals surface area contributed by atoms with Gasteiger partial charge in [0.1, 0.15) is 5.75 Å². The number of methoxy groups -OCH3 is 1. The second-order valence-corrected chi connectivity index (χ2v) is 5.63. The fourth-order valence-electron chi connectivity index (χ4n) is 2.79. The average Bonchev–Trinajstić information content (AvgIpc) is 3.03. The molecule has 0 radical (unpaired) electrons. The molecule has 1 aliphatic heterocycles. The number of rotatable bonds is 3. The molecule has 3 aromatic carbocycles. The summed E-state index contributed by atoms with van der Waals surface area (Å²) in [5, 5.41) is 2.18. The van der Waals surface area contributed by atoms with Crippen LogP contribution in [0.4, 0.5) is 0 Å². The van der Waals surface area contributed by atoms with E-state index in [1.54, 1.807) is 25.3 Å². The molecule has 4 nitrogen and oxygen atoms in total. The van der Waals surface area contributed by atoms with Gasteiger partial charge in [-0.2, -0.15) is 0 Å². The summed E-state index contributed by atoms with van der Waals surface area (Å²) in [6.07, 6.45) is 1.77. The first kappa shape index (κ1) is 15.1. The molecule has 4 rings (SSSR count). The molecule has 3 aromatic rings. The molecule has 1 aliphatic rings. The van der Waals surface area contributed by atoms with Crippen molar-refractivity contribution < 1.29 is 14.3 Å².